The van der Waals surface area contributed by atoms with E-state index in [1.165, 1.54) is 0 Å². The largest absolute Gasteiger partial charge is 0.395 e. The summed E-state index contributed by atoms with van der Waals surface area (Å²) < 4.78 is 22.3. The fraction of sp³-hybridized carbons (Fsp3) is 1.00. The van der Waals surface area contributed by atoms with Gasteiger partial charge in [-0.05, 0) is 26.4 Å². The number of hydrogen-bond acceptors (Lipinski definition) is 4. The third kappa shape index (κ3) is 5.40. The van der Waals surface area contributed by atoms with Gasteiger partial charge in [-0.1, -0.05) is 13.3 Å². The fourth-order valence-corrected chi connectivity index (χ4v) is 4.34. The van der Waals surface area contributed by atoms with Crippen molar-refractivity contribution in [2.45, 2.75) is 52.2 Å². The van der Waals surface area contributed by atoms with E-state index in [4.69, 9.17) is 18.3 Å². The zero-order valence-corrected chi connectivity index (χ0v) is 11.8. The van der Waals surface area contributed by atoms with Crippen molar-refractivity contribution in [2.24, 2.45) is 0 Å². The summed E-state index contributed by atoms with van der Waals surface area (Å²) in [6.45, 7) is 10.4. The van der Waals surface area contributed by atoms with E-state index in [0.717, 1.165) is 19.1 Å². The van der Waals surface area contributed by atoms with Crippen LogP contribution in [0.25, 0.3) is 0 Å². The molecule has 0 N–H and O–H groups in total. The highest BCUT2D eigenvalue weighted by molar-refractivity contribution is 6.66. The first-order valence-electron chi connectivity index (χ1n) is 6.14. The Bertz CT molecular complexity index is 190. The highest BCUT2D eigenvalue weighted by Crippen LogP contribution is 2.19. The molecule has 3 atom stereocenters. The third-order valence-electron chi connectivity index (χ3n) is 2.49. The summed E-state index contributed by atoms with van der Waals surface area (Å²) >= 11 is 0. The second kappa shape index (κ2) is 6.71. The van der Waals surface area contributed by atoms with E-state index in [0.29, 0.717) is 13.2 Å². The van der Waals surface area contributed by atoms with Crippen LogP contribution in [0.4, 0.5) is 0 Å². The molecule has 0 spiro atoms. The molecule has 0 aromatic heterocycles. The summed E-state index contributed by atoms with van der Waals surface area (Å²) in [6.07, 6.45) is 1.18. The topological polar surface area (TPSA) is 40.2 Å². The van der Waals surface area contributed by atoms with Crippen LogP contribution in [-0.2, 0) is 18.3 Å². The van der Waals surface area contributed by atoms with Crippen molar-refractivity contribution < 1.29 is 18.3 Å². The van der Waals surface area contributed by atoms with E-state index in [1.54, 1.807) is 0 Å². The van der Waals surface area contributed by atoms with Gasteiger partial charge in [0.2, 0.25) is 0 Å². The molecule has 5 heteroatoms. The normalized spacial score (nSPS) is 25.1. The predicted octanol–water partition coefficient (Wildman–Crippen LogP) is 2.28. The lowest BCUT2D eigenvalue weighted by Crippen LogP contribution is -2.42. The molecular formula is C11H24O4Si. The van der Waals surface area contributed by atoms with E-state index in [-0.39, 0.29) is 12.4 Å². The Kier molecular flexibility index (Phi) is 5.92. The SMILES string of the molecule is CCC[Si](C)(OCC)OC(C)OCC1CO1. The molecule has 16 heavy (non-hydrogen) atoms. The van der Waals surface area contributed by atoms with Gasteiger partial charge in [0, 0.05) is 6.61 Å². The van der Waals surface area contributed by atoms with Crippen molar-refractivity contribution in [3.8, 4) is 0 Å². The molecule has 1 aliphatic heterocycles. The van der Waals surface area contributed by atoms with E-state index >= 15 is 0 Å². The second-order valence-electron chi connectivity index (χ2n) is 4.29. The van der Waals surface area contributed by atoms with E-state index in [9.17, 15) is 0 Å². The van der Waals surface area contributed by atoms with Gasteiger partial charge >= 0.3 is 8.56 Å². The first-order chi connectivity index (χ1) is 7.59. The molecule has 1 fully saturated rings. The molecule has 4 nitrogen and oxygen atoms in total. The van der Waals surface area contributed by atoms with Crippen LogP contribution < -0.4 is 0 Å². The molecule has 0 bridgehead atoms. The molecule has 1 rings (SSSR count). The fourth-order valence-electron chi connectivity index (χ4n) is 1.72. The summed E-state index contributed by atoms with van der Waals surface area (Å²) in [6, 6.07) is 1.01. The summed E-state index contributed by atoms with van der Waals surface area (Å²) in [5.74, 6) is 0. The van der Waals surface area contributed by atoms with E-state index in [1.807, 2.05) is 13.8 Å². The summed E-state index contributed by atoms with van der Waals surface area (Å²) in [5.41, 5.74) is 0. The van der Waals surface area contributed by atoms with Crippen molar-refractivity contribution >= 4 is 8.56 Å². The quantitative estimate of drug-likeness (QED) is 0.356. The number of rotatable bonds is 9. The van der Waals surface area contributed by atoms with Crippen molar-refractivity contribution in [2.75, 3.05) is 19.8 Å². The lowest BCUT2D eigenvalue weighted by molar-refractivity contribution is -0.0898. The lowest BCUT2D eigenvalue weighted by atomic mass is 10.5. The molecule has 1 saturated heterocycles. The maximum Gasteiger partial charge on any atom is 0.336 e. The zero-order valence-electron chi connectivity index (χ0n) is 10.8. The highest BCUT2D eigenvalue weighted by atomic mass is 28.4. The van der Waals surface area contributed by atoms with Crippen LogP contribution in [0.15, 0.2) is 0 Å². The van der Waals surface area contributed by atoms with Crippen LogP contribution in [0.2, 0.25) is 12.6 Å². The molecule has 0 amide bonds. The Balaban J connectivity index is 2.26. The standard InChI is InChI=1S/C11H24O4Si/c1-5-7-16(4,14-6-2)15-10(3)12-8-11-9-13-11/h10-11H,5-9H2,1-4H3. The lowest BCUT2D eigenvalue weighted by Gasteiger charge is -2.29. The molecule has 0 radical (unpaired) electrons. The van der Waals surface area contributed by atoms with E-state index in [2.05, 4.69) is 13.5 Å². The van der Waals surface area contributed by atoms with Crippen LogP contribution in [0, 0.1) is 0 Å². The van der Waals surface area contributed by atoms with Crippen molar-refractivity contribution in [1.29, 1.82) is 0 Å². The minimum atomic E-state index is -2.03. The molecule has 1 aliphatic rings. The minimum absolute atomic E-state index is 0.195. The molecule has 0 aromatic rings. The van der Waals surface area contributed by atoms with Gasteiger partial charge in [-0.15, -0.1) is 0 Å². The maximum atomic E-state index is 5.94. The highest BCUT2D eigenvalue weighted by Gasteiger charge is 2.33. The average molecular weight is 248 g/mol. The van der Waals surface area contributed by atoms with Crippen molar-refractivity contribution in [3.05, 3.63) is 0 Å². The van der Waals surface area contributed by atoms with Crippen molar-refractivity contribution in [3.63, 3.8) is 0 Å². The molecule has 0 aromatic carbocycles. The first kappa shape index (κ1) is 14.1. The van der Waals surface area contributed by atoms with Gasteiger partial charge in [0.15, 0.2) is 0 Å². The maximum absolute atomic E-state index is 5.94. The minimum Gasteiger partial charge on any atom is -0.395 e. The van der Waals surface area contributed by atoms with Crippen LogP contribution in [0.5, 0.6) is 0 Å². The van der Waals surface area contributed by atoms with Crippen LogP contribution in [0.3, 0.4) is 0 Å². The zero-order chi connectivity index (χ0) is 12.0. The van der Waals surface area contributed by atoms with Crippen LogP contribution in [-0.4, -0.2) is 40.8 Å². The molecular weight excluding hydrogens is 224 g/mol. The summed E-state index contributed by atoms with van der Waals surface area (Å²) in [7, 11) is -2.03. The van der Waals surface area contributed by atoms with Gasteiger partial charge in [-0.2, -0.15) is 0 Å². The Labute approximate surface area is 99.5 Å². The number of epoxide rings is 1. The van der Waals surface area contributed by atoms with Gasteiger partial charge in [0.1, 0.15) is 12.4 Å². The Morgan fingerprint density at radius 1 is 1.44 bits per heavy atom. The molecule has 1 heterocycles. The first-order valence-corrected chi connectivity index (χ1v) is 8.67. The van der Waals surface area contributed by atoms with Crippen LogP contribution >= 0.6 is 0 Å². The van der Waals surface area contributed by atoms with Gasteiger partial charge in [0.05, 0.1) is 13.2 Å². The summed E-state index contributed by atoms with van der Waals surface area (Å²) in [4.78, 5) is 0. The van der Waals surface area contributed by atoms with Crippen LogP contribution in [0.1, 0.15) is 27.2 Å². The smallest absolute Gasteiger partial charge is 0.336 e. The molecule has 0 saturated carbocycles. The van der Waals surface area contributed by atoms with Gasteiger partial charge in [0.25, 0.3) is 0 Å². The van der Waals surface area contributed by atoms with Gasteiger partial charge in [-0.3, -0.25) is 0 Å². The molecule has 3 unspecified atom stereocenters. The van der Waals surface area contributed by atoms with Crippen molar-refractivity contribution in [1.82, 2.24) is 0 Å². The second-order valence-corrected chi connectivity index (χ2v) is 7.58. The predicted molar refractivity (Wildman–Crippen MR) is 64.6 cm³/mol. The molecule has 0 aliphatic carbocycles. The Hall–Kier alpha value is 0.0569. The van der Waals surface area contributed by atoms with Gasteiger partial charge in [-0.25, -0.2) is 0 Å². The monoisotopic (exact) mass is 248 g/mol. The number of hydrogen-bond donors (Lipinski definition) is 0. The Morgan fingerprint density at radius 2 is 2.12 bits per heavy atom. The number of ether oxygens (including phenoxy) is 2. The van der Waals surface area contributed by atoms with E-state index < -0.39 is 8.56 Å². The third-order valence-corrected chi connectivity index (χ3v) is 5.63. The average Bonchev–Trinajstić information content (AvgIpc) is 2.98. The molecule has 96 valence electrons. The Morgan fingerprint density at radius 3 is 2.62 bits per heavy atom. The van der Waals surface area contributed by atoms with Gasteiger partial charge < -0.3 is 18.3 Å². The summed E-state index contributed by atoms with van der Waals surface area (Å²) in [5, 5.41) is 0.